The Bertz CT molecular complexity index is 58.6. The smallest absolute Gasteiger partial charge is 0.822 e. The molecule has 0 fully saturated rings. The van der Waals surface area contributed by atoms with Crippen molar-refractivity contribution in [3.05, 3.63) is 0 Å². The molecule has 0 rings (SSSR count). The van der Waals surface area contributed by atoms with Gasteiger partial charge in [0.25, 0.3) is 0 Å². The van der Waals surface area contributed by atoms with Crippen LogP contribution in [-0.4, -0.2) is 5.48 Å². The summed E-state index contributed by atoms with van der Waals surface area (Å²) in [7, 11) is -5.39. The Kier molecular flexibility index (Phi) is 25.9. The van der Waals surface area contributed by atoms with Gasteiger partial charge in [-0.25, -0.2) is 0 Å². The molecular formula is H2CoKO5P. The molecule has 47 valence electrons. The Morgan fingerprint density at radius 1 is 1.12 bits per heavy atom. The molecule has 8 heavy (non-hydrogen) atoms. The fraction of sp³-hybridized carbons (Fsp3) is 0. The van der Waals surface area contributed by atoms with E-state index in [2.05, 4.69) is 0 Å². The molecule has 8 heteroatoms. The largest absolute Gasteiger partial charge is 2.00 e. The molecule has 0 spiro atoms. The first-order valence-electron chi connectivity index (χ1n) is 0.730. The molecule has 0 aliphatic heterocycles. The second-order valence-electron chi connectivity index (χ2n) is 0.447. The van der Waals surface area contributed by atoms with Gasteiger partial charge in [0.2, 0.25) is 0 Å². The minimum Gasteiger partial charge on any atom is -0.822 e. The average Bonchev–Trinajstić information content (AvgIpc) is 0.722. The van der Waals surface area contributed by atoms with Gasteiger partial charge in [0.1, 0.15) is 0 Å². The van der Waals surface area contributed by atoms with Gasteiger partial charge in [-0.1, -0.05) is 0 Å². The molecule has 5 nitrogen and oxygen atoms in total. The Balaban J connectivity index is -0.0000000267. The van der Waals surface area contributed by atoms with Crippen molar-refractivity contribution in [2.45, 2.75) is 0 Å². The van der Waals surface area contributed by atoms with E-state index < -0.39 is 7.82 Å². The van der Waals surface area contributed by atoms with Crippen molar-refractivity contribution in [3.63, 3.8) is 0 Å². The van der Waals surface area contributed by atoms with Crippen LogP contribution in [0.15, 0.2) is 0 Å². The molecule has 0 aromatic heterocycles. The summed E-state index contributed by atoms with van der Waals surface area (Å²) in [6, 6.07) is 0. The van der Waals surface area contributed by atoms with Crippen molar-refractivity contribution in [2.75, 3.05) is 0 Å². The summed E-state index contributed by atoms with van der Waals surface area (Å²) in [4.78, 5) is 25.6. The van der Waals surface area contributed by atoms with Crippen molar-refractivity contribution in [3.8, 4) is 0 Å². The van der Waals surface area contributed by atoms with Crippen molar-refractivity contribution < 1.29 is 92.9 Å². The van der Waals surface area contributed by atoms with Gasteiger partial charge in [0.15, 0.2) is 0 Å². The van der Waals surface area contributed by atoms with Crippen LogP contribution in [0.5, 0.6) is 0 Å². The average molecular weight is 211 g/mol. The van der Waals surface area contributed by atoms with Crippen LogP contribution in [0.25, 0.3) is 0 Å². The zero-order valence-corrected chi connectivity index (χ0v) is 8.97. The molecule has 0 aliphatic carbocycles. The first-order valence-corrected chi connectivity index (χ1v) is 2.19. The van der Waals surface area contributed by atoms with E-state index >= 15 is 0 Å². The molecule has 2 N–H and O–H groups in total. The van der Waals surface area contributed by atoms with Crippen LogP contribution in [0, 0.1) is 0 Å². The number of hydrogen-bond donors (Lipinski definition) is 0. The summed E-state index contributed by atoms with van der Waals surface area (Å²) in [5.74, 6) is 0. The molecule has 0 atom stereocenters. The zero-order chi connectivity index (χ0) is 4.50. The van der Waals surface area contributed by atoms with Gasteiger partial charge in [-0.3, -0.25) is 0 Å². The summed E-state index contributed by atoms with van der Waals surface area (Å²) >= 11 is 0. The summed E-state index contributed by atoms with van der Waals surface area (Å²) < 4.78 is 8.55. The second-order valence-corrected chi connectivity index (χ2v) is 1.34. The molecule has 0 unspecified atom stereocenters. The molecule has 1 radical (unpaired) electrons. The van der Waals surface area contributed by atoms with E-state index in [4.69, 9.17) is 19.2 Å². The maximum absolute atomic E-state index is 8.55. The van der Waals surface area contributed by atoms with Crippen LogP contribution in [0.1, 0.15) is 0 Å². The molecule has 0 bridgehead atoms. The predicted molar refractivity (Wildman–Crippen MR) is 11.2 cm³/mol. The van der Waals surface area contributed by atoms with Crippen LogP contribution >= 0.6 is 7.82 Å². The molecule has 0 aliphatic rings. The van der Waals surface area contributed by atoms with E-state index in [-0.39, 0.29) is 73.6 Å². The Morgan fingerprint density at radius 3 is 1.12 bits per heavy atom. The molecule has 0 heterocycles. The van der Waals surface area contributed by atoms with Gasteiger partial charge < -0.3 is 24.7 Å². The third-order valence-corrected chi connectivity index (χ3v) is 0. The molecule has 0 aromatic carbocycles. The van der Waals surface area contributed by atoms with Crippen LogP contribution < -0.4 is 66.1 Å². The van der Waals surface area contributed by atoms with Crippen LogP contribution in [0.4, 0.5) is 0 Å². The SMILES string of the molecule is O.O=P([O-])([O-])[O-].[Co+2].[K+]. The molecule has 0 amide bonds. The van der Waals surface area contributed by atoms with E-state index in [1.807, 2.05) is 0 Å². The maximum Gasteiger partial charge on any atom is 2.00 e. The van der Waals surface area contributed by atoms with E-state index in [1.54, 1.807) is 0 Å². The first-order chi connectivity index (χ1) is 2.00. The topological polar surface area (TPSA) is 118 Å². The second kappa shape index (κ2) is 9.21. The number of phosphoric acid groups is 1. The molecule has 0 saturated heterocycles. The van der Waals surface area contributed by atoms with Crippen LogP contribution in [0.2, 0.25) is 0 Å². The minimum atomic E-state index is -5.39. The van der Waals surface area contributed by atoms with Crippen molar-refractivity contribution in [1.29, 1.82) is 0 Å². The van der Waals surface area contributed by atoms with Crippen molar-refractivity contribution in [2.24, 2.45) is 0 Å². The van der Waals surface area contributed by atoms with Crippen molar-refractivity contribution in [1.82, 2.24) is 0 Å². The summed E-state index contributed by atoms with van der Waals surface area (Å²) in [6.45, 7) is 0. The monoisotopic (exact) mass is 211 g/mol. The molecule has 0 aromatic rings. The van der Waals surface area contributed by atoms with E-state index in [9.17, 15) is 0 Å². The number of hydrogen-bond acceptors (Lipinski definition) is 4. The maximum atomic E-state index is 8.55. The van der Waals surface area contributed by atoms with E-state index in [1.165, 1.54) is 0 Å². The van der Waals surface area contributed by atoms with Crippen molar-refractivity contribution >= 4 is 7.82 Å². The molecule has 0 saturated carbocycles. The van der Waals surface area contributed by atoms with Gasteiger partial charge in [0.05, 0.1) is 0 Å². The van der Waals surface area contributed by atoms with Gasteiger partial charge >= 0.3 is 68.2 Å². The number of rotatable bonds is 0. The third-order valence-electron chi connectivity index (χ3n) is 0. The predicted octanol–water partition coefficient (Wildman–Crippen LogP) is -6.65. The zero-order valence-electron chi connectivity index (χ0n) is 3.91. The Hall–Kier alpha value is 2.21. The van der Waals surface area contributed by atoms with Gasteiger partial charge in [0, 0.05) is 0 Å². The fourth-order valence-corrected chi connectivity index (χ4v) is 0. The van der Waals surface area contributed by atoms with Gasteiger partial charge in [-0.05, 0) is 0 Å². The normalized spacial score (nSPS) is 7.38. The summed E-state index contributed by atoms with van der Waals surface area (Å²) in [5, 5.41) is 0. The van der Waals surface area contributed by atoms with Crippen LogP contribution in [0.3, 0.4) is 0 Å². The Labute approximate surface area is 99.0 Å². The van der Waals surface area contributed by atoms with Crippen LogP contribution in [-0.2, 0) is 21.3 Å². The third kappa shape index (κ3) is 87.3. The van der Waals surface area contributed by atoms with Gasteiger partial charge in [-0.15, -0.1) is 0 Å². The van der Waals surface area contributed by atoms with E-state index in [0.29, 0.717) is 0 Å². The standard InChI is InChI=1S/Co.K.H3O4P.H2O/c;;1-5(2,3)4;/h;;(H3,1,2,3,4);1H2/q+2;+1;;/p-3. The quantitative estimate of drug-likeness (QED) is 0.292. The first kappa shape index (κ1) is 22.5. The Morgan fingerprint density at radius 2 is 1.12 bits per heavy atom. The van der Waals surface area contributed by atoms with E-state index in [0.717, 1.165) is 0 Å². The van der Waals surface area contributed by atoms with Gasteiger partial charge in [-0.2, -0.15) is 7.82 Å². The fourth-order valence-electron chi connectivity index (χ4n) is 0. The summed E-state index contributed by atoms with van der Waals surface area (Å²) in [5.41, 5.74) is 0. The minimum absolute atomic E-state index is 0. The summed E-state index contributed by atoms with van der Waals surface area (Å²) in [6.07, 6.45) is 0. The molecular weight excluding hydrogens is 209 g/mol.